The minimum Gasteiger partial charge on any atom is -0.497 e. The van der Waals surface area contributed by atoms with Crippen LogP contribution in [-0.4, -0.2) is 34.8 Å². The average molecular weight is 333 g/mol. The van der Waals surface area contributed by atoms with E-state index in [-0.39, 0.29) is 10.5 Å². The lowest BCUT2D eigenvalue weighted by molar-refractivity contribution is 0.0596. The molecule has 2 aromatic carbocycles. The summed E-state index contributed by atoms with van der Waals surface area (Å²) < 4.78 is 37.9. The van der Waals surface area contributed by atoms with Gasteiger partial charge in [0, 0.05) is 6.21 Å². The SMILES string of the molecule is COC(=O)c1ccccc1S(=O)(=O)/N=C/c1ccc(OC)cc1. The van der Waals surface area contributed by atoms with Crippen LogP contribution in [0.1, 0.15) is 15.9 Å². The van der Waals surface area contributed by atoms with Gasteiger partial charge in [-0.2, -0.15) is 12.8 Å². The van der Waals surface area contributed by atoms with Gasteiger partial charge in [0.1, 0.15) is 10.6 Å². The average Bonchev–Trinajstić information content (AvgIpc) is 2.59. The number of rotatable bonds is 5. The lowest BCUT2D eigenvalue weighted by Crippen LogP contribution is -2.09. The van der Waals surface area contributed by atoms with Crippen molar-refractivity contribution >= 4 is 22.2 Å². The molecule has 0 fully saturated rings. The number of carbonyl (C=O) groups is 1. The third kappa shape index (κ3) is 3.95. The van der Waals surface area contributed by atoms with Crippen molar-refractivity contribution < 1.29 is 22.7 Å². The summed E-state index contributed by atoms with van der Waals surface area (Å²) in [6.07, 6.45) is 1.21. The van der Waals surface area contributed by atoms with E-state index in [1.54, 1.807) is 30.3 Å². The Labute approximate surface area is 134 Å². The number of esters is 1. The Balaban J connectivity index is 2.35. The summed E-state index contributed by atoms with van der Waals surface area (Å²) in [6, 6.07) is 12.5. The fourth-order valence-electron chi connectivity index (χ4n) is 1.85. The fraction of sp³-hybridized carbons (Fsp3) is 0.125. The Morgan fingerprint density at radius 1 is 1.04 bits per heavy atom. The van der Waals surface area contributed by atoms with Crippen LogP contribution in [0.3, 0.4) is 0 Å². The van der Waals surface area contributed by atoms with E-state index in [4.69, 9.17) is 4.74 Å². The molecule has 0 aliphatic rings. The second kappa shape index (κ2) is 7.06. The number of sulfonamides is 1. The lowest BCUT2D eigenvalue weighted by Gasteiger charge is -2.05. The van der Waals surface area contributed by atoms with Crippen molar-refractivity contribution in [3.05, 3.63) is 59.7 Å². The molecule has 6 nitrogen and oxygen atoms in total. The van der Waals surface area contributed by atoms with E-state index in [2.05, 4.69) is 9.13 Å². The molecule has 0 radical (unpaired) electrons. The van der Waals surface area contributed by atoms with Crippen molar-refractivity contribution in [3.8, 4) is 5.75 Å². The number of ether oxygens (including phenoxy) is 2. The highest BCUT2D eigenvalue weighted by atomic mass is 32.2. The molecule has 0 atom stereocenters. The highest BCUT2D eigenvalue weighted by Crippen LogP contribution is 2.19. The van der Waals surface area contributed by atoms with Gasteiger partial charge in [-0.3, -0.25) is 0 Å². The third-order valence-electron chi connectivity index (χ3n) is 3.03. The standard InChI is InChI=1S/C16H15NO5S/c1-21-13-9-7-12(8-10-13)11-17-23(19,20)15-6-4-3-5-14(15)16(18)22-2/h3-11H,1-2H3/b17-11+. The van der Waals surface area contributed by atoms with E-state index >= 15 is 0 Å². The molecule has 0 aliphatic carbocycles. The topological polar surface area (TPSA) is 82.0 Å². The van der Waals surface area contributed by atoms with Crippen molar-refractivity contribution in [2.24, 2.45) is 4.40 Å². The minimum atomic E-state index is -4.02. The summed E-state index contributed by atoms with van der Waals surface area (Å²) in [7, 11) is -1.30. The summed E-state index contributed by atoms with van der Waals surface area (Å²) in [5, 5.41) is 0. The van der Waals surface area contributed by atoms with E-state index in [0.717, 1.165) is 0 Å². The minimum absolute atomic E-state index is 0.0538. The second-order valence-corrected chi connectivity index (χ2v) is 6.07. The molecule has 0 saturated heterocycles. The quantitative estimate of drug-likeness (QED) is 0.619. The molecule has 0 aliphatic heterocycles. The highest BCUT2D eigenvalue weighted by molar-refractivity contribution is 7.90. The Morgan fingerprint density at radius 3 is 2.30 bits per heavy atom. The van der Waals surface area contributed by atoms with Gasteiger partial charge in [0.15, 0.2) is 0 Å². The number of carbonyl (C=O) groups excluding carboxylic acids is 1. The van der Waals surface area contributed by atoms with Gasteiger partial charge in [0.05, 0.1) is 19.8 Å². The number of benzene rings is 2. The Kier molecular flexibility index (Phi) is 5.13. The molecule has 0 saturated carbocycles. The Morgan fingerprint density at radius 2 is 1.70 bits per heavy atom. The van der Waals surface area contributed by atoms with Gasteiger partial charge < -0.3 is 9.47 Å². The molecular formula is C16H15NO5S. The zero-order valence-electron chi connectivity index (χ0n) is 12.6. The van der Waals surface area contributed by atoms with Crippen LogP contribution in [0.5, 0.6) is 5.75 Å². The predicted octanol–water partition coefficient (Wildman–Crippen LogP) is 2.29. The van der Waals surface area contributed by atoms with Crippen molar-refractivity contribution in [2.75, 3.05) is 14.2 Å². The van der Waals surface area contributed by atoms with Crippen LogP contribution in [0.2, 0.25) is 0 Å². The summed E-state index contributed by atoms with van der Waals surface area (Å²) >= 11 is 0. The zero-order valence-corrected chi connectivity index (χ0v) is 13.4. The number of hydrogen-bond acceptors (Lipinski definition) is 5. The Hall–Kier alpha value is -2.67. The first-order valence-corrected chi connectivity index (χ1v) is 8.03. The first kappa shape index (κ1) is 16.7. The van der Waals surface area contributed by atoms with Gasteiger partial charge in [0.25, 0.3) is 10.0 Å². The van der Waals surface area contributed by atoms with Crippen LogP contribution >= 0.6 is 0 Å². The number of nitrogens with zero attached hydrogens (tertiary/aromatic N) is 1. The van der Waals surface area contributed by atoms with Crippen molar-refractivity contribution in [2.45, 2.75) is 4.90 Å². The van der Waals surface area contributed by atoms with Crippen LogP contribution < -0.4 is 4.74 Å². The van der Waals surface area contributed by atoms with E-state index < -0.39 is 16.0 Å². The smallest absolute Gasteiger partial charge is 0.339 e. The van der Waals surface area contributed by atoms with Gasteiger partial charge in [-0.1, -0.05) is 12.1 Å². The van der Waals surface area contributed by atoms with E-state index in [9.17, 15) is 13.2 Å². The summed E-state index contributed by atoms with van der Waals surface area (Å²) in [5.74, 6) is -0.0788. The predicted molar refractivity (Wildman–Crippen MR) is 85.6 cm³/mol. The summed E-state index contributed by atoms with van der Waals surface area (Å²) in [5.41, 5.74) is 0.534. The van der Waals surface area contributed by atoms with E-state index in [0.29, 0.717) is 11.3 Å². The maximum atomic E-state index is 12.3. The summed E-state index contributed by atoms with van der Waals surface area (Å²) in [4.78, 5) is 11.5. The van der Waals surface area contributed by atoms with Crippen molar-refractivity contribution in [1.29, 1.82) is 0 Å². The zero-order chi connectivity index (χ0) is 16.9. The van der Waals surface area contributed by atoms with Gasteiger partial charge in [-0.25, -0.2) is 4.79 Å². The highest BCUT2D eigenvalue weighted by Gasteiger charge is 2.21. The monoisotopic (exact) mass is 333 g/mol. The molecule has 2 aromatic rings. The van der Waals surface area contributed by atoms with Gasteiger partial charge >= 0.3 is 5.97 Å². The van der Waals surface area contributed by atoms with Gasteiger partial charge in [-0.15, -0.1) is 0 Å². The molecule has 0 heterocycles. The third-order valence-corrected chi connectivity index (χ3v) is 4.32. The molecule has 0 N–H and O–H groups in total. The fourth-order valence-corrected chi connectivity index (χ4v) is 2.90. The molecule has 0 amide bonds. The normalized spacial score (nSPS) is 11.4. The molecule has 120 valence electrons. The van der Waals surface area contributed by atoms with Crippen LogP contribution in [0.15, 0.2) is 57.8 Å². The van der Waals surface area contributed by atoms with Gasteiger partial charge in [0.2, 0.25) is 0 Å². The molecule has 0 aromatic heterocycles. The molecule has 2 rings (SSSR count). The molecule has 0 bridgehead atoms. The van der Waals surface area contributed by atoms with Crippen molar-refractivity contribution in [3.63, 3.8) is 0 Å². The van der Waals surface area contributed by atoms with Crippen molar-refractivity contribution in [1.82, 2.24) is 0 Å². The van der Waals surface area contributed by atoms with E-state index in [1.807, 2.05) is 0 Å². The van der Waals surface area contributed by atoms with Crippen LogP contribution in [0.4, 0.5) is 0 Å². The lowest BCUT2D eigenvalue weighted by atomic mass is 10.2. The van der Waals surface area contributed by atoms with Gasteiger partial charge in [-0.05, 0) is 42.0 Å². The summed E-state index contributed by atoms with van der Waals surface area (Å²) in [6.45, 7) is 0. The number of methoxy groups -OCH3 is 2. The van der Waals surface area contributed by atoms with Crippen LogP contribution in [-0.2, 0) is 14.8 Å². The first-order chi connectivity index (χ1) is 11.0. The molecule has 7 heteroatoms. The van der Waals surface area contributed by atoms with Crippen LogP contribution in [0, 0.1) is 0 Å². The number of hydrogen-bond donors (Lipinski definition) is 0. The first-order valence-electron chi connectivity index (χ1n) is 6.59. The maximum absolute atomic E-state index is 12.3. The largest absolute Gasteiger partial charge is 0.497 e. The Bertz CT molecular complexity index is 826. The molecule has 0 spiro atoms. The molecule has 23 heavy (non-hydrogen) atoms. The second-order valence-electron chi connectivity index (χ2n) is 4.47. The maximum Gasteiger partial charge on any atom is 0.339 e. The molecule has 0 unspecified atom stereocenters. The van der Waals surface area contributed by atoms with E-state index in [1.165, 1.54) is 38.6 Å². The van der Waals surface area contributed by atoms with Crippen LogP contribution in [0.25, 0.3) is 0 Å². The molecular weight excluding hydrogens is 318 g/mol.